The van der Waals surface area contributed by atoms with Crippen LogP contribution in [0.1, 0.15) is 38.0 Å². The van der Waals surface area contributed by atoms with E-state index in [9.17, 15) is 9.59 Å². The van der Waals surface area contributed by atoms with E-state index in [1.54, 1.807) is 18.4 Å². The number of nitrogens with zero attached hydrogens (tertiary/aromatic N) is 9. The molecule has 31 heavy (non-hydrogen) atoms. The average Bonchev–Trinajstić information content (AvgIpc) is 3.31. The van der Waals surface area contributed by atoms with Gasteiger partial charge in [0, 0.05) is 5.41 Å². The molecule has 0 spiro atoms. The summed E-state index contributed by atoms with van der Waals surface area (Å²) in [4.78, 5) is 34.8. The molecule has 0 aliphatic rings. The number of nitrogens with one attached hydrogen (secondary N) is 3. The van der Waals surface area contributed by atoms with Crippen molar-refractivity contribution in [3.05, 3.63) is 49.6 Å². The van der Waals surface area contributed by atoms with Gasteiger partial charge in [-0.2, -0.15) is 14.8 Å². The van der Waals surface area contributed by atoms with Crippen molar-refractivity contribution in [2.24, 2.45) is 10.2 Å². The normalized spacial score (nSPS) is 12.1. The van der Waals surface area contributed by atoms with Gasteiger partial charge in [-0.3, -0.25) is 15.1 Å². The van der Waals surface area contributed by atoms with Crippen molar-refractivity contribution < 1.29 is 0 Å². The predicted molar refractivity (Wildman–Crippen MR) is 109 cm³/mol. The first kappa shape index (κ1) is 19.9. The molecule has 0 fully saturated rings. The molecule has 14 nitrogen and oxygen atoms in total. The van der Waals surface area contributed by atoms with Crippen LogP contribution in [0.2, 0.25) is 0 Å². The molecule has 0 bridgehead atoms. The molecule has 4 aromatic rings. The zero-order chi connectivity index (χ0) is 22.5. The van der Waals surface area contributed by atoms with Crippen LogP contribution in [-0.4, -0.2) is 44.5 Å². The van der Waals surface area contributed by atoms with E-state index in [4.69, 9.17) is 6.57 Å². The maximum absolute atomic E-state index is 11.7. The highest BCUT2D eigenvalue weighted by Gasteiger charge is 2.26. The second-order valence-electron chi connectivity index (χ2n) is 7.79. The number of aromatic nitrogens is 9. The quantitative estimate of drug-likeness (QED) is 0.336. The standard InChI is InChI=1S/C17H18N12O2/c1-7-9(18-6)12(29(26-7)14-19-15(30)21-16(31)20-14)25-23-10-11(17(3,4)5)27-28-8(2)22-24-13(10)28/h27H,1-5H3,(H2,19,20,21,30,31). The Morgan fingerprint density at radius 1 is 1.10 bits per heavy atom. The van der Waals surface area contributed by atoms with Crippen molar-refractivity contribution in [1.29, 1.82) is 0 Å². The summed E-state index contributed by atoms with van der Waals surface area (Å²) in [6, 6.07) is 0. The van der Waals surface area contributed by atoms with Gasteiger partial charge >= 0.3 is 11.4 Å². The summed E-state index contributed by atoms with van der Waals surface area (Å²) in [5, 5.41) is 24.2. The van der Waals surface area contributed by atoms with Crippen molar-refractivity contribution in [3.8, 4) is 5.95 Å². The summed E-state index contributed by atoms with van der Waals surface area (Å²) in [7, 11) is 0. The Bertz CT molecular complexity index is 1470. The molecular formula is C17H18N12O2. The van der Waals surface area contributed by atoms with E-state index < -0.39 is 11.4 Å². The average molecular weight is 422 g/mol. The van der Waals surface area contributed by atoms with Gasteiger partial charge in [0.1, 0.15) is 5.82 Å². The Morgan fingerprint density at radius 3 is 2.48 bits per heavy atom. The van der Waals surface area contributed by atoms with E-state index in [-0.39, 0.29) is 22.9 Å². The third-order valence-corrected chi connectivity index (χ3v) is 4.46. The molecule has 158 valence electrons. The maximum Gasteiger partial charge on any atom is 0.352 e. The van der Waals surface area contributed by atoms with Gasteiger partial charge in [0.05, 0.1) is 18.0 Å². The van der Waals surface area contributed by atoms with Crippen LogP contribution in [-0.2, 0) is 5.41 Å². The number of H-pyrrole nitrogens is 3. The molecule has 0 atom stereocenters. The zero-order valence-corrected chi connectivity index (χ0v) is 17.3. The van der Waals surface area contributed by atoms with Gasteiger partial charge in [0.2, 0.25) is 11.6 Å². The zero-order valence-electron chi connectivity index (χ0n) is 17.3. The van der Waals surface area contributed by atoms with Crippen LogP contribution in [0, 0.1) is 20.4 Å². The van der Waals surface area contributed by atoms with Gasteiger partial charge in [-0.05, 0) is 13.8 Å². The highest BCUT2D eigenvalue weighted by Crippen LogP contribution is 2.38. The molecule has 4 heterocycles. The Hall–Kier alpha value is -4.41. The minimum absolute atomic E-state index is 0.0108. The Kier molecular flexibility index (Phi) is 4.38. The van der Waals surface area contributed by atoms with Gasteiger partial charge in [-0.1, -0.05) is 20.8 Å². The minimum Gasteiger partial charge on any atom is -0.292 e. The van der Waals surface area contributed by atoms with Crippen LogP contribution < -0.4 is 11.4 Å². The first-order valence-corrected chi connectivity index (χ1v) is 9.14. The first-order chi connectivity index (χ1) is 14.6. The molecule has 0 aromatic carbocycles. The number of hydrogen-bond acceptors (Lipinski definition) is 8. The molecule has 0 aliphatic heterocycles. The third-order valence-electron chi connectivity index (χ3n) is 4.46. The third kappa shape index (κ3) is 3.31. The van der Waals surface area contributed by atoms with Gasteiger partial charge < -0.3 is 0 Å². The number of azo groups is 1. The monoisotopic (exact) mass is 422 g/mol. The van der Waals surface area contributed by atoms with E-state index in [1.165, 1.54) is 0 Å². The number of aromatic amines is 3. The van der Waals surface area contributed by atoms with Crippen LogP contribution >= 0.6 is 0 Å². The summed E-state index contributed by atoms with van der Waals surface area (Å²) in [6.07, 6.45) is 0. The predicted octanol–water partition coefficient (Wildman–Crippen LogP) is 1.90. The van der Waals surface area contributed by atoms with Gasteiger partial charge in [-0.25, -0.2) is 18.9 Å². The highest BCUT2D eigenvalue weighted by molar-refractivity contribution is 5.70. The van der Waals surface area contributed by atoms with E-state index in [2.05, 4.69) is 45.4 Å². The Labute approximate surface area is 173 Å². The molecule has 0 radical (unpaired) electrons. The second kappa shape index (κ2) is 6.83. The number of fused-ring (bicyclic) bond motifs is 1. The lowest BCUT2D eigenvalue weighted by Gasteiger charge is -2.16. The second-order valence-corrected chi connectivity index (χ2v) is 7.79. The SMILES string of the molecule is [C-]#[N+]c1c(C)nn(-c2nc(=O)[nH]c(=O)[nH]2)c1N=Nc1c(C(C)(C)C)[nH]n2c(C)nnc12. The van der Waals surface area contributed by atoms with E-state index in [0.717, 1.165) is 10.4 Å². The molecule has 4 rings (SSSR count). The number of hydrogen-bond donors (Lipinski definition) is 3. The lowest BCUT2D eigenvalue weighted by atomic mass is 9.91. The van der Waals surface area contributed by atoms with E-state index in [1.807, 2.05) is 25.8 Å². The molecule has 14 heteroatoms. The van der Waals surface area contributed by atoms with E-state index >= 15 is 0 Å². The summed E-state index contributed by atoms with van der Waals surface area (Å²) in [6.45, 7) is 16.9. The van der Waals surface area contributed by atoms with Gasteiger partial charge in [0.25, 0.3) is 5.69 Å². The van der Waals surface area contributed by atoms with Crippen LogP contribution in [0.3, 0.4) is 0 Å². The summed E-state index contributed by atoms with van der Waals surface area (Å²) < 4.78 is 2.79. The fourth-order valence-corrected chi connectivity index (χ4v) is 3.00. The minimum atomic E-state index is -0.861. The molecule has 0 amide bonds. The van der Waals surface area contributed by atoms with Crippen molar-refractivity contribution in [1.82, 2.24) is 44.5 Å². The largest absolute Gasteiger partial charge is 0.352 e. The maximum atomic E-state index is 11.7. The Balaban J connectivity index is 1.94. The van der Waals surface area contributed by atoms with Crippen LogP contribution in [0.25, 0.3) is 16.4 Å². The van der Waals surface area contributed by atoms with Crippen molar-refractivity contribution >= 4 is 22.8 Å². The molecule has 3 N–H and O–H groups in total. The number of aryl methyl sites for hydroxylation is 2. The topological polar surface area (TPSA) is 171 Å². The molecular weight excluding hydrogens is 404 g/mol. The summed E-state index contributed by atoms with van der Waals surface area (Å²) >= 11 is 0. The summed E-state index contributed by atoms with van der Waals surface area (Å²) in [5.74, 6) is 0.473. The van der Waals surface area contributed by atoms with Crippen LogP contribution in [0.15, 0.2) is 19.8 Å². The molecule has 0 aliphatic carbocycles. The summed E-state index contributed by atoms with van der Waals surface area (Å²) in [5.41, 5.74) is 0.174. The molecule has 0 saturated carbocycles. The fourth-order valence-electron chi connectivity index (χ4n) is 3.00. The smallest absolute Gasteiger partial charge is 0.292 e. The fraction of sp³-hybridized carbons (Fsp3) is 0.353. The van der Waals surface area contributed by atoms with E-state index in [0.29, 0.717) is 22.9 Å². The highest BCUT2D eigenvalue weighted by atomic mass is 16.2. The van der Waals surface area contributed by atoms with Gasteiger partial charge in [-0.15, -0.1) is 20.4 Å². The molecule has 0 unspecified atom stereocenters. The van der Waals surface area contributed by atoms with Crippen molar-refractivity contribution in [2.75, 3.05) is 0 Å². The Morgan fingerprint density at radius 2 is 1.84 bits per heavy atom. The van der Waals surface area contributed by atoms with Crippen molar-refractivity contribution in [2.45, 2.75) is 40.0 Å². The van der Waals surface area contributed by atoms with Crippen molar-refractivity contribution in [3.63, 3.8) is 0 Å². The molecule has 4 aromatic heterocycles. The van der Waals surface area contributed by atoms with Crippen LogP contribution in [0.4, 0.5) is 17.2 Å². The number of rotatable bonds is 3. The van der Waals surface area contributed by atoms with Gasteiger partial charge in [0.15, 0.2) is 11.5 Å². The first-order valence-electron chi connectivity index (χ1n) is 9.14. The molecule has 0 saturated heterocycles. The lowest BCUT2D eigenvalue weighted by molar-refractivity contribution is 0.561. The van der Waals surface area contributed by atoms with Crippen LogP contribution in [0.5, 0.6) is 0 Å². The lowest BCUT2D eigenvalue weighted by Crippen LogP contribution is -2.27.